The van der Waals surface area contributed by atoms with Gasteiger partial charge < -0.3 is 10.2 Å². The maximum absolute atomic E-state index is 13.1. The number of benzene rings is 1. The highest BCUT2D eigenvalue weighted by atomic mass is 35.5. The molecule has 1 aromatic carbocycles. The number of piperazine rings is 1. The van der Waals surface area contributed by atoms with Crippen LogP contribution in [0.1, 0.15) is 13.8 Å². The number of rotatable bonds is 4. The first kappa shape index (κ1) is 16.2. The van der Waals surface area contributed by atoms with E-state index < -0.39 is 5.82 Å². The molecule has 1 aromatic rings. The van der Waals surface area contributed by atoms with E-state index in [2.05, 4.69) is 22.0 Å². The molecule has 1 heterocycles. The molecule has 0 radical (unpaired) electrons. The van der Waals surface area contributed by atoms with Gasteiger partial charge in [-0.3, -0.25) is 9.69 Å². The van der Waals surface area contributed by atoms with Crippen molar-refractivity contribution in [2.75, 3.05) is 38.0 Å². The number of halogens is 2. The van der Waals surface area contributed by atoms with Gasteiger partial charge in [-0.05, 0) is 31.7 Å². The summed E-state index contributed by atoms with van der Waals surface area (Å²) in [5, 5.41) is 2.80. The van der Waals surface area contributed by atoms with E-state index in [1.54, 1.807) is 0 Å². The zero-order valence-electron chi connectivity index (χ0n) is 12.4. The van der Waals surface area contributed by atoms with Gasteiger partial charge in [-0.1, -0.05) is 18.5 Å². The van der Waals surface area contributed by atoms with E-state index in [0.717, 1.165) is 32.7 Å². The lowest BCUT2D eigenvalue weighted by Crippen LogP contribution is -2.52. The lowest BCUT2D eigenvalue weighted by Gasteiger charge is -2.36. The number of likely N-dealkylation sites (N-methyl/N-ethyl adjacent to an activating group) is 1. The predicted molar refractivity (Wildman–Crippen MR) is 83.2 cm³/mol. The summed E-state index contributed by atoms with van der Waals surface area (Å²) in [6.45, 7) is 8.81. The standard InChI is InChI=1S/C15H21ClFN3O/c1-3-19-6-8-20(9-7-19)11(2)15(21)18-12-4-5-14(17)13(16)10-12/h4-5,10-11H,3,6-9H2,1-2H3,(H,18,21). The molecule has 0 aliphatic carbocycles. The van der Waals surface area contributed by atoms with E-state index in [1.165, 1.54) is 18.2 Å². The van der Waals surface area contributed by atoms with Crippen LogP contribution >= 0.6 is 11.6 Å². The average Bonchev–Trinajstić information content (AvgIpc) is 2.50. The van der Waals surface area contributed by atoms with Crippen LogP contribution in [0.3, 0.4) is 0 Å². The van der Waals surface area contributed by atoms with Crippen molar-refractivity contribution < 1.29 is 9.18 Å². The van der Waals surface area contributed by atoms with Crippen LogP contribution in [-0.2, 0) is 4.79 Å². The fraction of sp³-hybridized carbons (Fsp3) is 0.533. The Bertz CT molecular complexity index is 504. The molecule has 116 valence electrons. The number of hydrogen-bond acceptors (Lipinski definition) is 3. The first-order valence-electron chi connectivity index (χ1n) is 7.23. The second-order valence-corrected chi connectivity index (χ2v) is 5.67. The lowest BCUT2D eigenvalue weighted by molar-refractivity contribution is -0.121. The van der Waals surface area contributed by atoms with Gasteiger partial charge in [0.2, 0.25) is 5.91 Å². The van der Waals surface area contributed by atoms with Crippen LogP contribution < -0.4 is 5.32 Å². The van der Waals surface area contributed by atoms with E-state index in [9.17, 15) is 9.18 Å². The molecular weight excluding hydrogens is 293 g/mol. The third-order valence-corrected chi connectivity index (χ3v) is 4.26. The number of hydrogen-bond donors (Lipinski definition) is 1. The number of carbonyl (C=O) groups is 1. The van der Waals surface area contributed by atoms with Crippen molar-refractivity contribution in [3.05, 3.63) is 29.0 Å². The maximum Gasteiger partial charge on any atom is 0.241 e. The largest absolute Gasteiger partial charge is 0.325 e. The van der Waals surface area contributed by atoms with Crippen LogP contribution in [0.25, 0.3) is 0 Å². The molecule has 0 bridgehead atoms. The molecule has 6 heteroatoms. The van der Waals surface area contributed by atoms with Crippen LogP contribution in [0, 0.1) is 5.82 Å². The van der Waals surface area contributed by atoms with Crippen LogP contribution in [0.15, 0.2) is 18.2 Å². The molecule has 1 atom stereocenters. The highest BCUT2D eigenvalue weighted by Crippen LogP contribution is 2.20. The minimum Gasteiger partial charge on any atom is -0.325 e. The highest BCUT2D eigenvalue weighted by molar-refractivity contribution is 6.31. The molecule has 1 fully saturated rings. The van der Waals surface area contributed by atoms with Crippen molar-refractivity contribution in [3.63, 3.8) is 0 Å². The quantitative estimate of drug-likeness (QED) is 0.927. The molecule has 4 nitrogen and oxygen atoms in total. The Balaban J connectivity index is 1.92. The Labute approximate surface area is 129 Å². The predicted octanol–water partition coefficient (Wildman–Crippen LogP) is 2.44. The summed E-state index contributed by atoms with van der Waals surface area (Å²) in [6.07, 6.45) is 0. The van der Waals surface area contributed by atoms with E-state index in [0.29, 0.717) is 5.69 Å². The zero-order chi connectivity index (χ0) is 15.4. The molecule has 1 N–H and O–H groups in total. The number of nitrogens with zero attached hydrogens (tertiary/aromatic N) is 2. The Morgan fingerprint density at radius 3 is 2.62 bits per heavy atom. The molecule has 1 aliphatic heterocycles. The summed E-state index contributed by atoms with van der Waals surface area (Å²) in [7, 11) is 0. The summed E-state index contributed by atoms with van der Waals surface area (Å²) in [5.41, 5.74) is 0.519. The Morgan fingerprint density at radius 1 is 1.38 bits per heavy atom. The number of carbonyl (C=O) groups excluding carboxylic acids is 1. The summed E-state index contributed by atoms with van der Waals surface area (Å²) in [4.78, 5) is 16.8. The Kier molecular flexibility index (Phi) is 5.56. The zero-order valence-corrected chi connectivity index (χ0v) is 13.2. The van der Waals surface area contributed by atoms with E-state index in [1.807, 2.05) is 6.92 Å². The summed E-state index contributed by atoms with van der Waals surface area (Å²) in [5.74, 6) is -0.582. The first-order chi connectivity index (χ1) is 10.0. The topological polar surface area (TPSA) is 35.6 Å². The van der Waals surface area contributed by atoms with E-state index in [4.69, 9.17) is 11.6 Å². The van der Waals surface area contributed by atoms with Gasteiger partial charge in [-0.2, -0.15) is 0 Å². The molecule has 0 spiro atoms. The molecule has 1 amide bonds. The first-order valence-corrected chi connectivity index (χ1v) is 7.61. The number of amides is 1. The Hall–Kier alpha value is -1.17. The fourth-order valence-electron chi connectivity index (χ4n) is 2.45. The van der Waals surface area contributed by atoms with Gasteiger partial charge in [0, 0.05) is 31.9 Å². The van der Waals surface area contributed by atoms with Crippen molar-refractivity contribution in [1.82, 2.24) is 9.80 Å². The molecule has 21 heavy (non-hydrogen) atoms. The second-order valence-electron chi connectivity index (χ2n) is 5.26. The van der Waals surface area contributed by atoms with Gasteiger partial charge in [0.25, 0.3) is 0 Å². The van der Waals surface area contributed by atoms with Crippen molar-refractivity contribution in [2.24, 2.45) is 0 Å². The average molecular weight is 314 g/mol. The van der Waals surface area contributed by atoms with Crippen molar-refractivity contribution in [3.8, 4) is 0 Å². The van der Waals surface area contributed by atoms with E-state index in [-0.39, 0.29) is 17.0 Å². The van der Waals surface area contributed by atoms with Gasteiger partial charge in [-0.25, -0.2) is 4.39 Å². The number of nitrogens with one attached hydrogen (secondary N) is 1. The van der Waals surface area contributed by atoms with Crippen LogP contribution in [-0.4, -0.2) is 54.5 Å². The second kappa shape index (κ2) is 7.20. The molecule has 1 aliphatic rings. The van der Waals surface area contributed by atoms with Crippen LogP contribution in [0.2, 0.25) is 5.02 Å². The molecular formula is C15H21ClFN3O. The Morgan fingerprint density at radius 2 is 2.05 bits per heavy atom. The van der Waals surface area contributed by atoms with Gasteiger partial charge in [-0.15, -0.1) is 0 Å². The lowest BCUT2D eigenvalue weighted by atomic mass is 10.2. The maximum atomic E-state index is 13.1. The van der Waals surface area contributed by atoms with Crippen molar-refractivity contribution >= 4 is 23.2 Å². The molecule has 1 saturated heterocycles. The molecule has 2 rings (SSSR count). The minimum atomic E-state index is -0.488. The number of anilines is 1. The van der Waals surface area contributed by atoms with Gasteiger partial charge in [0.05, 0.1) is 11.1 Å². The molecule has 0 aromatic heterocycles. The SMILES string of the molecule is CCN1CCN(C(C)C(=O)Nc2ccc(F)c(Cl)c2)CC1. The van der Waals surface area contributed by atoms with Gasteiger partial charge >= 0.3 is 0 Å². The van der Waals surface area contributed by atoms with Crippen LogP contribution in [0.5, 0.6) is 0 Å². The van der Waals surface area contributed by atoms with Gasteiger partial charge in [0.1, 0.15) is 5.82 Å². The molecule has 1 unspecified atom stereocenters. The summed E-state index contributed by atoms with van der Waals surface area (Å²) in [6, 6.07) is 3.98. The van der Waals surface area contributed by atoms with Crippen molar-refractivity contribution in [2.45, 2.75) is 19.9 Å². The van der Waals surface area contributed by atoms with Gasteiger partial charge in [0.15, 0.2) is 0 Å². The third kappa shape index (κ3) is 4.15. The summed E-state index contributed by atoms with van der Waals surface area (Å²) >= 11 is 5.72. The normalized spacial score (nSPS) is 18.5. The van der Waals surface area contributed by atoms with Crippen LogP contribution in [0.4, 0.5) is 10.1 Å². The summed E-state index contributed by atoms with van der Waals surface area (Å²) < 4.78 is 13.1. The monoisotopic (exact) mass is 313 g/mol. The minimum absolute atomic E-state index is 0.0111. The molecule has 0 saturated carbocycles. The smallest absolute Gasteiger partial charge is 0.241 e. The fourth-order valence-corrected chi connectivity index (χ4v) is 2.63. The third-order valence-electron chi connectivity index (χ3n) is 3.97. The van der Waals surface area contributed by atoms with Crippen molar-refractivity contribution in [1.29, 1.82) is 0 Å². The van der Waals surface area contributed by atoms with E-state index >= 15 is 0 Å². The highest BCUT2D eigenvalue weighted by Gasteiger charge is 2.25.